The van der Waals surface area contributed by atoms with E-state index in [1.807, 2.05) is 19.9 Å². The van der Waals surface area contributed by atoms with Gasteiger partial charge in [-0.1, -0.05) is 58.0 Å². The fourth-order valence-electron chi connectivity index (χ4n) is 3.20. The van der Waals surface area contributed by atoms with Gasteiger partial charge in [-0.2, -0.15) is 0 Å². The number of carbonyl (C=O) groups excluding carboxylic acids is 5. The zero-order valence-corrected chi connectivity index (χ0v) is 20.8. The largest absolute Gasteiger partial charge is 0.467 e. The Bertz CT molecular complexity index is 874. The van der Waals surface area contributed by atoms with Crippen molar-refractivity contribution < 1.29 is 33.4 Å². The topological polar surface area (TPSA) is 166 Å². The number of methoxy groups -OCH3 is 1. The molecule has 3 atom stereocenters. The van der Waals surface area contributed by atoms with Crippen LogP contribution in [0.5, 0.6) is 0 Å². The highest BCUT2D eigenvalue weighted by Gasteiger charge is 2.32. The predicted octanol–water partition coefficient (Wildman–Crippen LogP) is 1.00. The van der Waals surface area contributed by atoms with E-state index in [1.54, 1.807) is 38.1 Å². The minimum Gasteiger partial charge on any atom is -0.467 e. The average molecular weight is 493 g/mol. The number of rotatable bonds is 13. The Labute approximate surface area is 205 Å². The van der Waals surface area contributed by atoms with Crippen LogP contribution in [-0.4, -0.2) is 55.0 Å². The molecular formula is C24H36N4O7. The van der Waals surface area contributed by atoms with Crippen LogP contribution in [0.15, 0.2) is 30.3 Å². The average Bonchev–Trinajstić information content (AvgIpc) is 2.79. The van der Waals surface area contributed by atoms with Crippen LogP contribution >= 0.6 is 0 Å². The van der Waals surface area contributed by atoms with Crippen LogP contribution in [-0.2, 0) is 35.3 Å². The molecule has 1 aromatic carbocycles. The van der Waals surface area contributed by atoms with Crippen molar-refractivity contribution in [2.24, 2.45) is 17.6 Å². The molecule has 4 amide bonds. The standard InChI is InChI=1S/C24H36N4O7/c1-14(2)11-18(23(32)34-5)27-21(30)17(12-19(25)29)26-22(31)20(15(3)4)28-24(33)35-13-16-9-7-6-8-10-16/h6-10,14-15,17-18,20H,11-13H2,1-5H3,(H2,25,29)(H,26,31)(H,27,30)(H,28,33)/t17-,18-,20+/m0/s1. The van der Waals surface area contributed by atoms with E-state index >= 15 is 0 Å². The number of esters is 1. The van der Waals surface area contributed by atoms with E-state index in [1.165, 1.54) is 7.11 Å². The highest BCUT2D eigenvalue weighted by atomic mass is 16.5. The lowest BCUT2D eigenvalue weighted by Gasteiger charge is -2.26. The summed E-state index contributed by atoms with van der Waals surface area (Å²) < 4.78 is 9.90. The number of alkyl carbamates (subject to hydrolysis) is 1. The van der Waals surface area contributed by atoms with Gasteiger partial charge < -0.3 is 31.2 Å². The van der Waals surface area contributed by atoms with Crippen molar-refractivity contribution >= 4 is 29.8 Å². The van der Waals surface area contributed by atoms with Crippen molar-refractivity contribution in [2.75, 3.05) is 7.11 Å². The monoisotopic (exact) mass is 492 g/mol. The van der Waals surface area contributed by atoms with Crippen LogP contribution in [0.3, 0.4) is 0 Å². The summed E-state index contributed by atoms with van der Waals surface area (Å²) in [5.74, 6) is -3.29. The summed E-state index contributed by atoms with van der Waals surface area (Å²) in [4.78, 5) is 61.7. The van der Waals surface area contributed by atoms with Crippen LogP contribution < -0.4 is 21.7 Å². The van der Waals surface area contributed by atoms with Crippen LogP contribution in [0.25, 0.3) is 0 Å². The molecule has 0 spiro atoms. The molecule has 0 aliphatic rings. The first-order valence-electron chi connectivity index (χ1n) is 11.4. The van der Waals surface area contributed by atoms with E-state index in [4.69, 9.17) is 15.2 Å². The zero-order chi connectivity index (χ0) is 26.5. The van der Waals surface area contributed by atoms with E-state index < -0.39 is 54.3 Å². The van der Waals surface area contributed by atoms with Gasteiger partial charge in [0.05, 0.1) is 13.5 Å². The smallest absolute Gasteiger partial charge is 0.408 e. The molecule has 11 heteroatoms. The molecular weight excluding hydrogens is 456 g/mol. The quantitative estimate of drug-likeness (QED) is 0.298. The molecule has 1 rings (SSSR count). The molecule has 0 aromatic heterocycles. The Kier molecular flexibility index (Phi) is 12.3. The van der Waals surface area contributed by atoms with E-state index in [0.29, 0.717) is 6.42 Å². The maximum Gasteiger partial charge on any atom is 0.408 e. The minimum atomic E-state index is -1.36. The second-order valence-electron chi connectivity index (χ2n) is 8.87. The van der Waals surface area contributed by atoms with Gasteiger partial charge in [-0.25, -0.2) is 9.59 Å². The highest BCUT2D eigenvalue weighted by molar-refractivity contribution is 5.95. The van der Waals surface area contributed by atoms with Crippen LogP contribution in [0.2, 0.25) is 0 Å². The first kappa shape index (κ1) is 29.4. The molecule has 0 saturated heterocycles. The summed E-state index contributed by atoms with van der Waals surface area (Å²) in [6, 6.07) is 5.62. The van der Waals surface area contributed by atoms with Gasteiger partial charge >= 0.3 is 12.1 Å². The number of carbonyl (C=O) groups is 5. The molecule has 0 radical (unpaired) electrons. The SMILES string of the molecule is COC(=O)[C@H](CC(C)C)NC(=O)[C@H](CC(N)=O)NC(=O)[C@H](NC(=O)OCc1ccccc1)C(C)C. The van der Waals surface area contributed by atoms with E-state index in [-0.39, 0.29) is 18.4 Å². The Morgan fingerprint density at radius 3 is 2.00 bits per heavy atom. The van der Waals surface area contributed by atoms with Crippen molar-refractivity contribution in [3.8, 4) is 0 Å². The fraction of sp³-hybridized carbons (Fsp3) is 0.542. The second kappa shape index (κ2) is 14.6. The Hall–Kier alpha value is -3.63. The lowest BCUT2D eigenvalue weighted by Crippen LogP contribution is -2.57. The van der Waals surface area contributed by atoms with Crippen molar-refractivity contribution in [3.63, 3.8) is 0 Å². The van der Waals surface area contributed by atoms with Gasteiger partial charge in [-0.15, -0.1) is 0 Å². The molecule has 35 heavy (non-hydrogen) atoms. The number of ether oxygens (including phenoxy) is 2. The summed E-state index contributed by atoms with van der Waals surface area (Å²) in [5, 5.41) is 7.44. The minimum absolute atomic E-state index is 0.0105. The maximum atomic E-state index is 12.9. The summed E-state index contributed by atoms with van der Waals surface area (Å²) in [5.41, 5.74) is 6.04. The molecule has 0 saturated carbocycles. The number of nitrogens with two attached hydrogens (primary N) is 1. The van der Waals surface area contributed by atoms with Gasteiger partial charge in [-0.05, 0) is 23.8 Å². The normalized spacial score (nSPS) is 13.3. The number of hydrogen-bond donors (Lipinski definition) is 4. The third-order valence-corrected chi connectivity index (χ3v) is 4.98. The van der Waals surface area contributed by atoms with Crippen LogP contribution in [0.1, 0.15) is 46.1 Å². The molecule has 0 unspecified atom stereocenters. The fourth-order valence-corrected chi connectivity index (χ4v) is 3.20. The van der Waals surface area contributed by atoms with Crippen molar-refractivity contribution in [1.82, 2.24) is 16.0 Å². The van der Waals surface area contributed by atoms with E-state index in [0.717, 1.165) is 5.56 Å². The third kappa shape index (κ3) is 10.9. The zero-order valence-electron chi connectivity index (χ0n) is 20.8. The van der Waals surface area contributed by atoms with Crippen molar-refractivity contribution in [1.29, 1.82) is 0 Å². The molecule has 11 nitrogen and oxygen atoms in total. The van der Waals surface area contributed by atoms with Gasteiger partial charge in [-0.3, -0.25) is 14.4 Å². The lowest BCUT2D eigenvalue weighted by atomic mass is 10.0. The first-order chi connectivity index (χ1) is 16.4. The predicted molar refractivity (Wildman–Crippen MR) is 128 cm³/mol. The first-order valence-corrected chi connectivity index (χ1v) is 11.4. The Morgan fingerprint density at radius 1 is 0.886 bits per heavy atom. The number of amides is 4. The number of nitrogens with one attached hydrogen (secondary N) is 3. The molecule has 0 aliphatic carbocycles. The summed E-state index contributed by atoms with van der Waals surface area (Å²) >= 11 is 0. The molecule has 5 N–H and O–H groups in total. The van der Waals surface area contributed by atoms with Gasteiger partial charge in [0.2, 0.25) is 17.7 Å². The molecule has 0 fully saturated rings. The van der Waals surface area contributed by atoms with E-state index in [9.17, 15) is 24.0 Å². The Morgan fingerprint density at radius 2 is 1.49 bits per heavy atom. The van der Waals surface area contributed by atoms with Gasteiger partial charge in [0.1, 0.15) is 24.7 Å². The van der Waals surface area contributed by atoms with Gasteiger partial charge in [0.15, 0.2) is 0 Å². The summed E-state index contributed by atoms with van der Waals surface area (Å²) in [6.07, 6.45) is -1.03. The van der Waals surface area contributed by atoms with E-state index in [2.05, 4.69) is 16.0 Å². The Balaban J connectivity index is 2.88. The van der Waals surface area contributed by atoms with Crippen LogP contribution in [0, 0.1) is 11.8 Å². The summed E-state index contributed by atoms with van der Waals surface area (Å²) in [6.45, 7) is 7.12. The molecule has 1 aromatic rings. The van der Waals surface area contributed by atoms with Gasteiger partial charge in [0, 0.05) is 0 Å². The number of benzene rings is 1. The molecule has 0 heterocycles. The van der Waals surface area contributed by atoms with Crippen molar-refractivity contribution in [3.05, 3.63) is 35.9 Å². The third-order valence-electron chi connectivity index (χ3n) is 4.98. The molecule has 0 bridgehead atoms. The van der Waals surface area contributed by atoms with Gasteiger partial charge in [0.25, 0.3) is 0 Å². The van der Waals surface area contributed by atoms with Crippen LogP contribution in [0.4, 0.5) is 4.79 Å². The molecule has 194 valence electrons. The molecule has 0 aliphatic heterocycles. The highest BCUT2D eigenvalue weighted by Crippen LogP contribution is 2.09. The number of hydrogen-bond acceptors (Lipinski definition) is 7. The lowest BCUT2D eigenvalue weighted by molar-refractivity contribution is -0.146. The van der Waals surface area contributed by atoms with Crippen molar-refractivity contribution in [2.45, 2.75) is 65.3 Å². The number of primary amides is 1. The second-order valence-corrected chi connectivity index (χ2v) is 8.87. The maximum absolute atomic E-state index is 12.9. The summed E-state index contributed by atoms with van der Waals surface area (Å²) in [7, 11) is 1.19.